The molecule has 0 aliphatic rings. The molecule has 17 heavy (non-hydrogen) atoms. The number of benzene rings is 1. The minimum absolute atomic E-state index is 0.103. The Labute approximate surface area is 100 Å². The number of rotatable bonds is 2. The number of nitrogens with one attached hydrogen (secondary N) is 2. The Morgan fingerprint density at radius 3 is 2.41 bits per heavy atom. The van der Waals surface area contributed by atoms with E-state index in [9.17, 15) is 9.59 Å². The van der Waals surface area contributed by atoms with Crippen LogP contribution < -0.4 is 10.6 Å². The minimum Gasteiger partial charge on any atom is -0.355 e. The molecule has 1 rings (SSSR count). The SMILES string of the molecule is CNC(=O)c1ccc(C#CCNC(C)=O)cc1. The van der Waals surface area contributed by atoms with Crippen LogP contribution in [-0.4, -0.2) is 25.4 Å². The smallest absolute Gasteiger partial charge is 0.251 e. The molecule has 0 saturated heterocycles. The zero-order valence-corrected chi connectivity index (χ0v) is 9.83. The second kappa shape index (κ2) is 6.33. The summed E-state index contributed by atoms with van der Waals surface area (Å²) < 4.78 is 0. The Morgan fingerprint density at radius 1 is 1.24 bits per heavy atom. The first kappa shape index (κ1) is 12.8. The van der Waals surface area contributed by atoms with E-state index in [4.69, 9.17) is 0 Å². The normalized spacial score (nSPS) is 8.82. The summed E-state index contributed by atoms with van der Waals surface area (Å²) >= 11 is 0. The number of carbonyl (C=O) groups is 2. The largest absolute Gasteiger partial charge is 0.355 e. The Kier molecular flexibility index (Phi) is 4.77. The van der Waals surface area contributed by atoms with Gasteiger partial charge in [0.15, 0.2) is 0 Å². The average Bonchev–Trinajstić information content (AvgIpc) is 2.34. The summed E-state index contributed by atoms with van der Waals surface area (Å²) in [6, 6.07) is 6.96. The highest BCUT2D eigenvalue weighted by atomic mass is 16.2. The fourth-order valence-corrected chi connectivity index (χ4v) is 1.16. The van der Waals surface area contributed by atoms with E-state index in [-0.39, 0.29) is 11.8 Å². The van der Waals surface area contributed by atoms with Crippen molar-refractivity contribution in [3.63, 3.8) is 0 Å². The summed E-state index contributed by atoms with van der Waals surface area (Å²) in [5.41, 5.74) is 1.41. The van der Waals surface area contributed by atoms with E-state index in [1.165, 1.54) is 6.92 Å². The van der Waals surface area contributed by atoms with Crippen molar-refractivity contribution in [1.82, 2.24) is 10.6 Å². The first-order chi connectivity index (χ1) is 8.13. The van der Waals surface area contributed by atoms with Crippen molar-refractivity contribution in [2.45, 2.75) is 6.92 Å². The van der Waals surface area contributed by atoms with Gasteiger partial charge in [0.25, 0.3) is 5.91 Å². The molecule has 2 N–H and O–H groups in total. The van der Waals surface area contributed by atoms with Gasteiger partial charge in [-0.2, -0.15) is 0 Å². The van der Waals surface area contributed by atoms with Crippen LogP contribution in [0, 0.1) is 11.8 Å². The van der Waals surface area contributed by atoms with E-state index in [1.807, 2.05) is 0 Å². The highest BCUT2D eigenvalue weighted by Gasteiger charge is 2.00. The predicted octanol–water partition coefficient (Wildman–Crippen LogP) is 0.534. The van der Waals surface area contributed by atoms with Gasteiger partial charge in [-0.3, -0.25) is 9.59 Å². The highest BCUT2D eigenvalue weighted by molar-refractivity contribution is 5.94. The molecule has 4 nitrogen and oxygen atoms in total. The summed E-state index contributed by atoms with van der Waals surface area (Å²) in [6.07, 6.45) is 0. The lowest BCUT2D eigenvalue weighted by atomic mass is 10.1. The molecule has 0 aliphatic heterocycles. The molecule has 1 aromatic rings. The lowest BCUT2D eigenvalue weighted by Crippen LogP contribution is -2.19. The first-order valence-corrected chi connectivity index (χ1v) is 5.19. The monoisotopic (exact) mass is 230 g/mol. The molecule has 4 heteroatoms. The fraction of sp³-hybridized carbons (Fsp3) is 0.231. The van der Waals surface area contributed by atoms with Gasteiger partial charge >= 0.3 is 0 Å². The van der Waals surface area contributed by atoms with Crippen LogP contribution in [0.4, 0.5) is 0 Å². The van der Waals surface area contributed by atoms with Gasteiger partial charge < -0.3 is 10.6 Å². The van der Waals surface area contributed by atoms with Crippen molar-refractivity contribution in [1.29, 1.82) is 0 Å². The molecular formula is C13H14N2O2. The van der Waals surface area contributed by atoms with E-state index >= 15 is 0 Å². The predicted molar refractivity (Wildman–Crippen MR) is 65.4 cm³/mol. The van der Waals surface area contributed by atoms with Gasteiger partial charge in [-0.15, -0.1) is 0 Å². The van der Waals surface area contributed by atoms with Crippen LogP contribution in [0.1, 0.15) is 22.8 Å². The molecule has 88 valence electrons. The lowest BCUT2D eigenvalue weighted by Gasteiger charge is -1.98. The van der Waals surface area contributed by atoms with Gasteiger partial charge in [0, 0.05) is 25.1 Å². The molecule has 1 aromatic carbocycles. The number of hydrogen-bond donors (Lipinski definition) is 2. The molecule has 0 atom stereocenters. The van der Waals surface area contributed by atoms with Crippen molar-refractivity contribution < 1.29 is 9.59 Å². The zero-order valence-electron chi connectivity index (χ0n) is 9.83. The molecule has 0 unspecified atom stereocenters. The standard InChI is InChI=1S/C13H14N2O2/c1-10(16)15-9-3-4-11-5-7-12(8-6-11)13(17)14-2/h5-8H,9H2,1-2H3,(H,14,17)(H,15,16). The molecule has 0 spiro atoms. The van der Waals surface area contributed by atoms with Crippen LogP contribution in [0.3, 0.4) is 0 Å². The zero-order chi connectivity index (χ0) is 12.7. The summed E-state index contributed by atoms with van der Waals surface area (Å²) in [7, 11) is 1.59. The second-order valence-corrected chi connectivity index (χ2v) is 3.37. The highest BCUT2D eigenvalue weighted by Crippen LogP contribution is 2.02. The maximum Gasteiger partial charge on any atom is 0.251 e. The average molecular weight is 230 g/mol. The van der Waals surface area contributed by atoms with Gasteiger partial charge in [0.2, 0.25) is 5.91 Å². The second-order valence-electron chi connectivity index (χ2n) is 3.37. The van der Waals surface area contributed by atoms with E-state index in [0.29, 0.717) is 12.1 Å². The number of amides is 2. The van der Waals surface area contributed by atoms with E-state index < -0.39 is 0 Å². The number of carbonyl (C=O) groups excluding carboxylic acids is 2. The van der Waals surface area contributed by atoms with Gasteiger partial charge in [-0.1, -0.05) is 11.8 Å². The van der Waals surface area contributed by atoms with Crippen molar-refractivity contribution in [3.8, 4) is 11.8 Å². The Balaban J connectivity index is 2.62. The van der Waals surface area contributed by atoms with Crippen LogP contribution in [0.15, 0.2) is 24.3 Å². The Hall–Kier alpha value is -2.28. The summed E-state index contributed by atoms with van der Waals surface area (Å²) in [6.45, 7) is 1.77. The van der Waals surface area contributed by atoms with E-state index in [0.717, 1.165) is 5.56 Å². The molecule has 0 saturated carbocycles. The molecule has 0 aromatic heterocycles. The van der Waals surface area contributed by atoms with E-state index in [1.54, 1.807) is 31.3 Å². The molecule has 0 bridgehead atoms. The molecule has 0 radical (unpaired) electrons. The molecule has 0 fully saturated rings. The van der Waals surface area contributed by atoms with Gasteiger partial charge in [-0.25, -0.2) is 0 Å². The summed E-state index contributed by atoms with van der Waals surface area (Å²) in [5.74, 6) is 5.48. The van der Waals surface area contributed by atoms with Crippen LogP contribution in [0.2, 0.25) is 0 Å². The topological polar surface area (TPSA) is 58.2 Å². The van der Waals surface area contributed by atoms with Gasteiger partial charge in [0.05, 0.1) is 6.54 Å². The lowest BCUT2D eigenvalue weighted by molar-refractivity contribution is -0.118. The van der Waals surface area contributed by atoms with Crippen LogP contribution in [0.5, 0.6) is 0 Å². The first-order valence-electron chi connectivity index (χ1n) is 5.19. The minimum atomic E-state index is -0.122. The Bertz CT molecular complexity index is 466. The third kappa shape index (κ3) is 4.39. The number of hydrogen-bond acceptors (Lipinski definition) is 2. The molecule has 0 heterocycles. The third-order valence-electron chi connectivity index (χ3n) is 2.03. The van der Waals surface area contributed by atoms with Crippen molar-refractivity contribution in [3.05, 3.63) is 35.4 Å². The quantitative estimate of drug-likeness (QED) is 0.728. The van der Waals surface area contributed by atoms with E-state index in [2.05, 4.69) is 22.5 Å². The van der Waals surface area contributed by atoms with Crippen LogP contribution in [-0.2, 0) is 4.79 Å². The van der Waals surface area contributed by atoms with Gasteiger partial charge in [-0.05, 0) is 24.3 Å². The maximum atomic E-state index is 11.3. The summed E-state index contributed by atoms with van der Waals surface area (Å²) in [5, 5.41) is 5.12. The summed E-state index contributed by atoms with van der Waals surface area (Å²) in [4.78, 5) is 21.8. The Morgan fingerprint density at radius 2 is 1.88 bits per heavy atom. The van der Waals surface area contributed by atoms with Crippen molar-refractivity contribution >= 4 is 11.8 Å². The van der Waals surface area contributed by atoms with Crippen LogP contribution >= 0.6 is 0 Å². The molecule has 2 amide bonds. The third-order valence-corrected chi connectivity index (χ3v) is 2.03. The fourth-order valence-electron chi connectivity index (χ4n) is 1.16. The molecule has 0 aliphatic carbocycles. The maximum absolute atomic E-state index is 11.3. The van der Waals surface area contributed by atoms with Crippen molar-refractivity contribution in [2.24, 2.45) is 0 Å². The van der Waals surface area contributed by atoms with Gasteiger partial charge in [0.1, 0.15) is 0 Å². The van der Waals surface area contributed by atoms with Crippen molar-refractivity contribution in [2.75, 3.05) is 13.6 Å². The molecular weight excluding hydrogens is 216 g/mol. The van der Waals surface area contributed by atoms with Crippen LogP contribution in [0.25, 0.3) is 0 Å².